The summed E-state index contributed by atoms with van der Waals surface area (Å²) in [6, 6.07) is 8.19. The fraction of sp³-hybridized carbons (Fsp3) is 0.391. The zero-order chi connectivity index (χ0) is 22.9. The van der Waals surface area contributed by atoms with Gasteiger partial charge in [-0.15, -0.1) is 16.4 Å². The number of fused-ring (bicyclic) bond motifs is 1. The smallest absolute Gasteiger partial charge is 0.246 e. The van der Waals surface area contributed by atoms with Crippen LogP contribution < -0.4 is 5.43 Å². The number of carbonyl (C=O) groups excluding carboxylic acids is 2. The number of imidazole rings is 1. The Kier molecular flexibility index (Phi) is 6.58. The van der Waals surface area contributed by atoms with Crippen LogP contribution in [0.4, 0.5) is 0 Å². The highest BCUT2D eigenvalue weighted by Gasteiger charge is 2.40. The first-order valence-corrected chi connectivity index (χ1v) is 13.6. The summed E-state index contributed by atoms with van der Waals surface area (Å²) >= 11 is 6.39. The SMILES string of the molecule is CC1S/C(=N/NC(=O)Cc2csc3nc(-c4ccc(Br)cc4)cn23)N(C2CCCCC2)C1=O. The number of hydrazone groups is 1. The molecule has 2 aliphatic rings. The highest BCUT2D eigenvalue weighted by Crippen LogP contribution is 2.33. The summed E-state index contributed by atoms with van der Waals surface area (Å²) in [6.07, 6.45) is 7.63. The van der Waals surface area contributed by atoms with Crippen LogP contribution in [0, 0.1) is 0 Å². The summed E-state index contributed by atoms with van der Waals surface area (Å²) in [4.78, 5) is 32.8. The standard InChI is InChI=1S/C23H24BrN5O2S2/c1-14-21(31)29(17-5-3-2-4-6-17)23(33-14)27-26-20(30)11-18-13-32-22-25-19(12-28(18)22)15-7-9-16(24)10-8-15/h7-10,12-14,17H,2-6,11H2,1H3,(H,26,30)/b27-23+. The van der Waals surface area contributed by atoms with Crippen molar-refractivity contribution in [1.82, 2.24) is 19.7 Å². The van der Waals surface area contributed by atoms with E-state index in [9.17, 15) is 9.59 Å². The highest BCUT2D eigenvalue weighted by molar-refractivity contribution is 9.10. The molecular weight excluding hydrogens is 522 g/mol. The first-order valence-electron chi connectivity index (χ1n) is 11.1. The predicted molar refractivity (Wildman–Crippen MR) is 136 cm³/mol. The zero-order valence-electron chi connectivity index (χ0n) is 18.2. The normalized spacial score (nSPS) is 20.8. The molecule has 33 heavy (non-hydrogen) atoms. The van der Waals surface area contributed by atoms with Gasteiger partial charge in [-0.05, 0) is 31.9 Å². The molecule has 0 spiro atoms. The van der Waals surface area contributed by atoms with Gasteiger partial charge in [-0.25, -0.2) is 10.4 Å². The summed E-state index contributed by atoms with van der Waals surface area (Å²) in [6.45, 7) is 1.90. The molecule has 1 unspecified atom stereocenters. The third-order valence-electron chi connectivity index (χ3n) is 6.05. The maximum atomic E-state index is 12.7. The summed E-state index contributed by atoms with van der Waals surface area (Å²) < 4.78 is 2.98. The van der Waals surface area contributed by atoms with Crippen LogP contribution in [0.3, 0.4) is 0 Å². The van der Waals surface area contributed by atoms with E-state index >= 15 is 0 Å². The minimum absolute atomic E-state index is 0.0957. The number of thiazole rings is 1. The number of hydrogen-bond donors (Lipinski definition) is 1. The van der Waals surface area contributed by atoms with Gasteiger partial charge in [-0.1, -0.05) is 59.1 Å². The summed E-state index contributed by atoms with van der Waals surface area (Å²) in [7, 11) is 0. The second kappa shape index (κ2) is 9.60. The third kappa shape index (κ3) is 4.74. The van der Waals surface area contributed by atoms with Crippen LogP contribution >= 0.6 is 39.0 Å². The van der Waals surface area contributed by atoms with Crippen LogP contribution in [0.2, 0.25) is 0 Å². The van der Waals surface area contributed by atoms with E-state index in [2.05, 4.69) is 31.4 Å². The minimum atomic E-state index is -0.211. The largest absolute Gasteiger partial charge is 0.294 e. The van der Waals surface area contributed by atoms with Gasteiger partial charge >= 0.3 is 0 Å². The number of amidine groups is 1. The molecule has 3 heterocycles. The van der Waals surface area contributed by atoms with Gasteiger partial charge in [0.1, 0.15) is 0 Å². The number of aromatic nitrogens is 2. The zero-order valence-corrected chi connectivity index (χ0v) is 21.4. The van der Waals surface area contributed by atoms with Crippen LogP contribution in [-0.4, -0.2) is 42.6 Å². The Labute approximate surface area is 208 Å². The van der Waals surface area contributed by atoms with E-state index < -0.39 is 0 Å². The number of amides is 2. The van der Waals surface area contributed by atoms with Crippen molar-refractivity contribution >= 4 is 61.0 Å². The van der Waals surface area contributed by atoms with Crippen molar-refractivity contribution in [2.45, 2.75) is 56.7 Å². The van der Waals surface area contributed by atoms with Gasteiger partial charge in [0, 0.05) is 33.3 Å². The van der Waals surface area contributed by atoms with Gasteiger partial charge in [0.05, 0.1) is 17.4 Å². The molecule has 2 fully saturated rings. The van der Waals surface area contributed by atoms with Gasteiger partial charge in [0.25, 0.3) is 0 Å². The maximum Gasteiger partial charge on any atom is 0.246 e. The predicted octanol–water partition coefficient (Wildman–Crippen LogP) is 5.05. The molecule has 1 aliphatic carbocycles. The fourth-order valence-electron chi connectivity index (χ4n) is 4.34. The number of nitrogens with zero attached hydrogens (tertiary/aromatic N) is 4. The summed E-state index contributed by atoms with van der Waals surface area (Å²) in [5, 5.41) is 6.76. The molecule has 172 valence electrons. The Morgan fingerprint density at radius 2 is 2.00 bits per heavy atom. The van der Waals surface area contributed by atoms with Gasteiger partial charge in [-0.3, -0.25) is 18.9 Å². The lowest BCUT2D eigenvalue weighted by molar-refractivity contribution is -0.128. The molecule has 1 atom stereocenters. The van der Waals surface area contributed by atoms with Crippen molar-refractivity contribution in [1.29, 1.82) is 0 Å². The molecule has 1 saturated heterocycles. The van der Waals surface area contributed by atoms with Gasteiger partial charge in [0.15, 0.2) is 10.1 Å². The monoisotopic (exact) mass is 545 g/mol. The van der Waals surface area contributed by atoms with E-state index in [1.54, 1.807) is 0 Å². The number of carbonyl (C=O) groups is 2. The molecule has 1 aliphatic heterocycles. The van der Waals surface area contributed by atoms with Crippen LogP contribution in [0.1, 0.15) is 44.7 Å². The topological polar surface area (TPSA) is 79.1 Å². The molecule has 7 nitrogen and oxygen atoms in total. The number of rotatable bonds is 5. The average Bonchev–Trinajstić information content (AvgIpc) is 3.48. The molecular formula is C23H24BrN5O2S2. The number of thioether (sulfide) groups is 1. The van der Waals surface area contributed by atoms with Crippen LogP contribution in [0.25, 0.3) is 16.2 Å². The molecule has 10 heteroatoms. The molecule has 0 bridgehead atoms. The van der Waals surface area contributed by atoms with Crippen molar-refractivity contribution in [2.75, 3.05) is 0 Å². The van der Waals surface area contributed by atoms with E-state index in [-0.39, 0.29) is 29.5 Å². The molecule has 5 rings (SSSR count). The van der Waals surface area contributed by atoms with Crippen molar-refractivity contribution < 1.29 is 9.59 Å². The maximum absolute atomic E-state index is 12.7. The molecule has 2 amide bonds. The van der Waals surface area contributed by atoms with Crippen molar-refractivity contribution in [3.05, 3.63) is 46.0 Å². The first-order chi connectivity index (χ1) is 16.0. The number of halogens is 1. The molecule has 1 aromatic carbocycles. The molecule has 1 saturated carbocycles. The first kappa shape index (κ1) is 22.6. The molecule has 3 aromatic rings. The lowest BCUT2D eigenvalue weighted by atomic mass is 9.94. The number of hydrogen-bond acceptors (Lipinski definition) is 6. The van der Waals surface area contributed by atoms with Crippen molar-refractivity contribution in [3.8, 4) is 11.3 Å². The molecule has 1 N–H and O–H groups in total. The minimum Gasteiger partial charge on any atom is -0.294 e. The van der Waals surface area contributed by atoms with Gasteiger partial charge < -0.3 is 0 Å². The number of nitrogens with one attached hydrogen (secondary N) is 1. The lowest BCUT2D eigenvalue weighted by Crippen LogP contribution is -2.42. The van der Waals surface area contributed by atoms with E-state index in [1.165, 1.54) is 29.5 Å². The summed E-state index contributed by atoms with van der Waals surface area (Å²) in [5.74, 6) is -0.115. The molecule has 0 radical (unpaired) electrons. The Morgan fingerprint density at radius 1 is 1.24 bits per heavy atom. The van der Waals surface area contributed by atoms with Crippen LogP contribution in [0.5, 0.6) is 0 Å². The Hall–Kier alpha value is -2.17. The Balaban J connectivity index is 1.29. The van der Waals surface area contributed by atoms with Crippen molar-refractivity contribution in [3.63, 3.8) is 0 Å². The summed E-state index contributed by atoms with van der Waals surface area (Å²) in [5.41, 5.74) is 5.43. The highest BCUT2D eigenvalue weighted by atomic mass is 79.9. The second-order valence-electron chi connectivity index (χ2n) is 8.38. The van der Waals surface area contributed by atoms with Crippen LogP contribution in [-0.2, 0) is 16.0 Å². The van der Waals surface area contributed by atoms with E-state index in [1.807, 2.05) is 52.1 Å². The average molecular weight is 547 g/mol. The van der Waals surface area contributed by atoms with Crippen LogP contribution in [0.15, 0.2) is 45.4 Å². The second-order valence-corrected chi connectivity index (χ2v) is 11.4. The van der Waals surface area contributed by atoms with E-state index in [4.69, 9.17) is 0 Å². The van der Waals surface area contributed by atoms with E-state index in [0.29, 0.717) is 5.17 Å². The van der Waals surface area contributed by atoms with Gasteiger partial charge in [-0.2, -0.15) is 0 Å². The lowest BCUT2D eigenvalue weighted by Gasteiger charge is -2.30. The van der Waals surface area contributed by atoms with Gasteiger partial charge in [0.2, 0.25) is 11.8 Å². The Morgan fingerprint density at radius 3 is 2.76 bits per heavy atom. The quantitative estimate of drug-likeness (QED) is 0.455. The van der Waals surface area contributed by atoms with E-state index in [0.717, 1.165) is 52.1 Å². The van der Waals surface area contributed by atoms with Crippen molar-refractivity contribution in [2.24, 2.45) is 5.10 Å². The third-order valence-corrected chi connectivity index (χ3v) is 8.53. The Bertz CT molecular complexity index is 1210. The fourth-order valence-corrected chi connectivity index (χ4v) is 6.46. The molecule has 2 aromatic heterocycles. The number of benzene rings is 1.